The van der Waals surface area contributed by atoms with Crippen molar-refractivity contribution >= 4 is 24.2 Å². The lowest BCUT2D eigenvalue weighted by molar-refractivity contribution is -0.126. The highest BCUT2D eigenvalue weighted by molar-refractivity contribution is 5.86. The molecule has 0 aromatic carbocycles. The van der Waals surface area contributed by atoms with Crippen LogP contribution < -0.4 is 16.4 Å². The first-order chi connectivity index (χ1) is 7.06. The third kappa shape index (κ3) is 4.81. The van der Waals surface area contributed by atoms with Crippen molar-refractivity contribution in [3.05, 3.63) is 0 Å². The summed E-state index contributed by atoms with van der Waals surface area (Å²) in [6.07, 6.45) is 4.35. The predicted octanol–water partition coefficient (Wildman–Crippen LogP) is -0.0680. The molecule has 94 valence electrons. The maximum absolute atomic E-state index is 11.5. The second kappa shape index (κ2) is 6.70. The van der Waals surface area contributed by atoms with E-state index < -0.39 is 0 Å². The van der Waals surface area contributed by atoms with Crippen LogP contribution in [0.15, 0.2) is 0 Å². The molecule has 0 bridgehead atoms. The minimum Gasteiger partial charge on any atom is -0.349 e. The Morgan fingerprint density at radius 3 is 2.31 bits per heavy atom. The van der Waals surface area contributed by atoms with E-state index in [1.165, 1.54) is 0 Å². The Morgan fingerprint density at radius 2 is 1.81 bits per heavy atom. The zero-order valence-corrected chi connectivity index (χ0v) is 10.4. The number of hydrogen-bond donors (Lipinski definition) is 3. The summed E-state index contributed by atoms with van der Waals surface area (Å²) in [5, 5.41) is 5.39. The molecule has 0 aromatic rings. The van der Waals surface area contributed by atoms with Crippen LogP contribution in [-0.2, 0) is 9.59 Å². The molecule has 1 saturated carbocycles. The van der Waals surface area contributed by atoms with Crippen molar-refractivity contribution < 1.29 is 9.59 Å². The summed E-state index contributed by atoms with van der Waals surface area (Å²) in [7, 11) is 0. The highest BCUT2D eigenvalue weighted by Crippen LogP contribution is 2.28. The van der Waals surface area contributed by atoms with Crippen molar-refractivity contribution in [3.8, 4) is 0 Å². The smallest absolute Gasteiger partial charge is 0.239 e. The van der Waals surface area contributed by atoms with Crippen LogP contribution in [0.25, 0.3) is 0 Å². The minimum atomic E-state index is -0.304. The molecule has 4 N–H and O–H groups in total. The third-order valence-corrected chi connectivity index (χ3v) is 2.78. The number of halogens is 1. The summed E-state index contributed by atoms with van der Waals surface area (Å²) >= 11 is 0. The molecule has 1 fully saturated rings. The van der Waals surface area contributed by atoms with Gasteiger partial charge >= 0.3 is 0 Å². The molecule has 0 saturated heterocycles. The zero-order valence-electron chi connectivity index (χ0n) is 9.54. The van der Waals surface area contributed by atoms with E-state index in [4.69, 9.17) is 5.73 Å². The van der Waals surface area contributed by atoms with Crippen molar-refractivity contribution in [3.63, 3.8) is 0 Å². The minimum absolute atomic E-state index is 0. The number of carbonyl (C=O) groups excluding carboxylic acids is 2. The monoisotopic (exact) mass is 249 g/mol. The average Bonchev–Trinajstić information content (AvgIpc) is 2.61. The van der Waals surface area contributed by atoms with E-state index in [2.05, 4.69) is 10.6 Å². The lowest BCUT2D eigenvalue weighted by Crippen LogP contribution is -2.48. The number of hydrogen-bond acceptors (Lipinski definition) is 3. The van der Waals surface area contributed by atoms with Crippen LogP contribution >= 0.6 is 12.4 Å². The molecule has 0 atom stereocenters. The van der Waals surface area contributed by atoms with Crippen LogP contribution in [0.5, 0.6) is 0 Å². The predicted molar refractivity (Wildman–Crippen MR) is 64.3 cm³/mol. The van der Waals surface area contributed by atoms with Gasteiger partial charge in [0, 0.05) is 5.54 Å². The third-order valence-electron chi connectivity index (χ3n) is 2.78. The molecule has 1 rings (SSSR count). The second-order valence-corrected chi connectivity index (χ2v) is 4.30. The van der Waals surface area contributed by atoms with Gasteiger partial charge in [0.1, 0.15) is 0 Å². The van der Waals surface area contributed by atoms with Crippen molar-refractivity contribution in [2.45, 2.75) is 38.1 Å². The fourth-order valence-electron chi connectivity index (χ4n) is 1.91. The largest absolute Gasteiger partial charge is 0.349 e. The van der Waals surface area contributed by atoms with Gasteiger partial charge in [0.15, 0.2) is 0 Å². The first-order valence-electron chi connectivity index (χ1n) is 5.33. The summed E-state index contributed by atoms with van der Waals surface area (Å²) in [5.74, 6) is -0.442. The molecule has 0 aliphatic heterocycles. The number of rotatable bonds is 4. The van der Waals surface area contributed by atoms with E-state index in [1.54, 1.807) is 0 Å². The summed E-state index contributed by atoms with van der Waals surface area (Å²) in [5.41, 5.74) is 5.03. The van der Waals surface area contributed by atoms with E-state index in [9.17, 15) is 9.59 Å². The Morgan fingerprint density at radius 1 is 1.25 bits per heavy atom. The zero-order chi connectivity index (χ0) is 11.3. The van der Waals surface area contributed by atoms with Crippen LogP contribution in [0.1, 0.15) is 32.6 Å². The molecule has 16 heavy (non-hydrogen) atoms. The fraction of sp³-hybridized carbons (Fsp3) is 0.800. The molecule has 5 nitrogen and oxygen atoms in total. The highest BCUT2D eigenvalue weighted by Gasteiger charge is 2.29. The van der Waals surface area contributed by atoms with Crippen molar-refractivity contribution in [1.82, 2.24) is 10.6 Å². The van der Waals surface area contributed by atoms with Crippen molar-refractivity contribution in [2.75, 3.05) is 13.1 Å². The van der Waals surface area contributed by atoms with E-state index in [1.807, 2.05) is 6.92 Å². The summed E-state index contributed by atoms with van der Waals surface area (Å²) in [6, 6.07) is 0. The average molecular weight is 250 g/mol. The molecule has 2 amide bonds. The first kappa shape index (κ1) is 15.2. The van der Waals surface area contributed by atoms with E-state index in [-0.39, 0.29) is 42.8 Å². The van der Waals surface area contributed by atoms with E-state index >= 15 is 0 Å². The maximum Gasteiger partial charge on any atom is 0.239 e. The highest BCUT2D eigenvalue weighted by atomic mass is 35.5. The number of carbonyl (C=O) groups is 2. The number of nitrogens with one attached hydrogen (secondary N) is 2. The van der Waals surface area contributed by atoms with Gasteiger partial charge in [0.05, 0.1) is 13.1 Å². The maximum atomic E-state index is 11.5. The van der Waals surface area contributed by atoms with Gasteiger partial charge in [-0.05, 0) is 19.8 Å². The van der Waals surface area contributed by atoms with Crippen LogP contribution in [-0.4, -0.2) is 30.4 Å². The van der Waals surface area contributed by atoms with E-state index in [0.29, 0.717) is 0 Å². The standard InChI is InChI=1S/C10H19N3O2.ClH/c1-10(4-2-3-5-10)13-9(15)7-12-8(14)6-11;/h2-7,11H2,1H3,(H,12,14)(H,13,15);1H. The SMILES string of the molecule is CC1(NC(=O)CNC(=O)CN)CCCC1.Cl. The normalized spacial score (nSPS) is 17.4. The molecule has 6 heteroatoms. The van der Waals surface area contributed by atoms with Gasteiger partial charge in [-0.2, -0.15) is 0 Å². The molecule has 0 unspecified atom stereocenters. The molecule has 1 aliphatic carbocycles. The van der Waals surface area contributed by atoms with Gasteiger partial charge in [-0.15, -0.1) is 12.4 Å². The van der Waals surface area contributed by atoms with Crippen molar-refractivity contribution in [1.29, 1.82) is 0 Å². The quantitative estimate of drug-likeness (QED) is 0.652. The molecular weight excluding hydrogens is 230 g/mol. The van der Waals surface area contributed by atoms with Crippen LogP contribution in [0.3, 0.4) is 0 Å². The second-order valence-electron chi connectivity index (χ2n) is 4.30. The fourth-order valence-corrected chi connectivity index (χ4v) is 1.91. The lowest BCUT2D eigenvalue weighted by atomic mass is 10.0. The molecular formula is C10H20ClN3O2. The molecule has 0 heterocycles. The first-order valence-corrected chi connectivity index (χ1v) is 5.33. The van der Waals surface area contributed by atoms with Crippen LogP contribution in [0.4, 0.5) is 0 Å². The van der Waals surface area contributed by atoms with Gasteiger partial charge in [-0.3, -0.25) is 9.59 Å². The van der Waals surface area contributed by atoms with Crippen molar-refractivity contribution in [2.24, 2.45) is 5.73 Å². The molecule has 0 spiro atoms. The summed E-state index contributed by atoms with van der Waals surface area (Å²) in [6.45, 7) is 1.98. The Balaban J connectivity index is 0.00000225. The van der Waals surface area contributed by atoms with Crippen LogP contribution in [0.2, 0.25) is 0 Å². The molecule has 1 aliphatic rings. The number of nitrogens with two attached hydrogens (primary N) is 1. The van der Waals surface area contributed by atoms with Gasteiger partial charge in [0.25, 0.3) is 0 Å². The van der Waals surface area contributed by atoms with Gasteiger partial charge in [-0.25, -0.2) is 0 Å². The molecule has 0 aromatic heterocycles. The summed E-state index contributed by atoms with van der Waals surface area (Å²) < 4.78 is 0. The van der Waals surface area contributed by atoms with Gasteiger partial charge < -0.3 is 16.4 Å². The Bertz CT molecular complexity index is 252. The topological polar surface area (TPSA) is 84.2 Å². The van der Waals surface area contributed by atoms with Gasteiger partial charge in [0.2, 0.25) is 11.8 Å². The Labute approximate surface area is 102 Å². The molecule has 0 radical (unpaired) electrons. The van der Waals surface area contributed by atoms with Gasteiger partial charge in [-0.1, -0.05) is 12.8 Å². The Kier molecular flexibility index (Phi) is 6.36. The number of amides is 2. The Hall–Kier alpha value is -0.810. The van der Waals surface area contributed by atoms with Crippen LogP contribution in [0, 0.1) is 0 Å². The summed E-state index contributed by atoms with van der Waals surface area (Å²) in [4.78, 5) is 22.3. The lowest BCUT2D eigenvalue weighted by Gasteiger charge is -2.25. The van der Waals surface area contributed by atoms with E-state index in [0.717, 1.165) is 25.7 Å².